The van der Waals surface area contributed by atoms with Gasteiger partial charge in [0.05, 0.1) is 30.5 Å². The van der Waals surface area contributed by atoms with Gasteiger partial charge in [-0.3, -0.25) is 9.59 Å². The van der Waals surface area contributed by atoms with Crippen LogP contribution in [-0.4, -0.2) is 29.5 Å². The lowest BCUT2D eigenvalue weighted by Crippen LogP contribution is -2.30. The molecule has 154 valence electrons. The fourth-order valence-electron chi connectivity index (χ4n) is 3.94. The van der Waals surface area contributed by atoms with Crippen LogP contribution in [0.1, 0.15) is 70.8 Å². The Hall–Kier alpha value is -2.60. The number of hydrogen-bond donors (Lipinski definition) is 2. The molecule has 2 heterocycles. The first-order chi connectivity index (χ1) is 14.2. The lowest BCUT2D eigenvalue weighted by atomic mass is 10.0. The number of fused-ring (bicyclic) bond motifs is 1. The largest absolute Gasteiger partial charge is 0.373 e. The predicted octanol–water partition coefficient (Wildman–Crippen LogP) is 3.43. The van der Waals surface area contributed by atoms with Crippen LogP contribution in [0, 0.1) is 5.92 Å². The summed E-state index contributed by atoms with van der Waals surface area (Å²) in [6.45, 7) is 4.22. The Kier molecular flexibility index (Phi) is 6.00. The first kappa shape index (κ1) is 19.7. The van der Waals surface area contributed by atoms with Crippen molar-refractivity contribution in [3.05, 3.63) is 58.9 Å². The minimum absolute atomic E-state index is 0.0698. The smallest absolute Gasteiger partial charge is 0.267 e. The van der Waals surface area contributed by atoms with Crippen LogP contribution in [0.2, 0.25) is 0 Å². The highest BCUT2D eigenvalue weighted by molar-refractivity contribution is 6.00. The summed E-state index contributed by atoms with van der Waals surface area (Å²) in [4.78, 5) is 25.8. The summed E-state index contributed by atoms with van der Waals surface area (Å²) in [6.07, 6.45) is 4.37. The SMILES string of the molecule is CC[C@@H](NC(=O)c1cc(C(=O)NCCC2CC2)n2c1COCC2)c1ccccc1. The van der Waals surface area contributed by atoms with Gasteiger partial charge in [-0.1, -0.05) is 50.1 Å². The maximum atomic E-state index is 13.1. The third-order valence-corrected chi connectivity index (χ3v) is 5.83. The van der Waals surface area contributed by atoms with Crippen molar-refractivity contribution in [1.29, 1.82) is 0 Å². The maximum absolute atomic E-state index is 13.1. The van der Waals surface area contributed by atoms with Gasteiger partial charge in [-0.2, -0.15) is 0 Å². The zero-order valence-corrected chi connectivity index (χ0v) is 16.9. The zero-order valence-electron chi connectivity index (χ0n) is 16.9. The van der Waals surface area contributed by atoms with Crippen molar-refractivity contribution >= 4 is 11.8 Å². The van der Waals surface area contributed by atoms with Crippen LogP contribution in [0.15, 0.2) is 36.4 Å². The van der Waals surface area contributed by atoms with Crippen LogP contribution in [0.5, 0.6) is 0 Å². The summed E-state index contributed by atoms with van der Waals surface area (Å²) in [5.41, 5.74) is 2.94. The van der Waals surface area contributed by atoms with Crippen LogP contribution in [0.25, 0.3) is 0 Å². The van der Waals surface area contributed by atoms with Gasteiger partial charge in [-0.15, -0.1) is 0 Å². The van der Waals surface area contributed by atoms with Gasteiger partial charge in [0.25, 0.3) is 11.8 Å². The molecule has 2 N–H and O–H groups in total. The lowest BCUT2D eigenvalue weighted by Gasteiger charge is -2.20. The first-order valence-electron chi connectivity index (χ1n) is 10.6. The van der Waals surface area contributed by atoms with Crippen LogP contribution in [0.4, 0.5) is 0 Å². The summed E-state index contributed by atoms with van der Waals surface area (Å²) in [5, 5.41) is 6.15. The molecule has 6 nitrogen and oxygen atoms in total. The summed E-state index contributed by atoms with van der Waals surface area (Å²) in [6, 6.07) is 11.6. The van der Waals surface area contributed by atoms with Gasteiger partial charge in [-0.25, -0.2) is 0 Å². The maximum Gasteiger partial charge on any atom is 0.267 e. The van der Waals surface area contributed by atoms with Gasteiger partial charge in [0.15, 0.2) is 0 Å². The number of carbonyl (C=O) groups is 2. The molecule has 1 aliphatic carbocycles. The average Bonchev–Trinajstić information content (AvgIpc) is 3.50. The van der Waals surface area contributed by atoms with Gasteiger partial charge in [0.2, 0.25) is 0 Å². The Bertz CT molecular complexity index is 871. The first-order valence-corrected chi connectivity index (χ1v) is 10.6. The number of ether oxygens (including phenoxy) is 1. The average molecular weight is 396 g/mol. The quantitative estimate of drug-likeness (QED) is 0.719. The fraction of sp³-hybridized carbons (Fsp3) is 0.478. The molecule has 1 aromatic heterocycles. The second-order valence-corrected chi connectivity index (χ2v) is 7.93. The van der Waals surface area contributed by atoms with Gasteiger partial charge in [0.1, 0.15) is 5.69 Å². The Balaban J connectivity index is 1.52. The Morgan fingerprint density at radius 3 is 2.72 bits per heavy atom. The highest BCUT2D eigenvalue weighted by Crippen LogP contribution is 2.31. The Labute approximate surface area is 171 Å². The molecule has 2 aromatic rings. The number of hydrogen-bond acceptors (Lipinski definition) is 3. The second-order valence-electron chi connectivity index (χ2n) is 7.93. The molecule has 1 aromatic carbocycles. The van der Waals surface area contributed by atoms with E-state index < -0.39 is 0 Å². The standard InChI is InChI=1S/C23H29N3O3/c1-2-19(17-6-4-3-5-7-17)25-22(27)18-14-20(26-12-13-29-15-21(18)26)23(28)24-11-10-16-8-9-16/h3-7,14,16,19H,2,8-13,15H2,1H3,(H,24,28)(H,25,27)/t19-/m1/s1. The van der Waals surface area contributed by atoms with Crippen molar-refractivity contribution in [2.45, 2.75) is 51.8 Å². The number of benzene rings is 1. The lowest BCUT2D eigenvalue weighted by molar-refractivity contribution is 0.0777. The van der Waals surface area contributed by atoms with Crippen LogP contribution < -0.4 is 10.6 Å². The number of nitrogens with one attached hydrogen (secondary N) is 2. The highest BCUT2D eigenvalue weighted by atomic mass is 16.5. The minimum Gasteiger partial charge on any atom is -0.373 e. The van der Waals surface area contributed by atoms with E-state index >= 15 is 0 Å². The monoisotopic (exact) mass is 395 g/mol. The van der Waals surface area contributed by atoms with Crippen molar-refractivity contribution in [3.63, 3.8) is 0 Å². The van der Waals surface area contributed by atoms with Crippen molar-refractivity contribution in [2.75, 3.05) is 13.2 Å². The van der Waals surface area contributed by atoms with Crippen LogP contribution in [-0.2, 0) is 17.9 Å². The molecule has 0 radical (unpaired) electrons. The molecule has 0 saturated heterocycles. The molecule has 0 bridgehead atoms. The van der Waals surface area contributed by atoms with Gasteiger partial charge >= 0.3 is 0 Å². The molecule has 1 aliphatic heterocycles. The summed E-state index contributed by atoms with van der Waals surface area (Å²) < 4.78 is 7.52. The van der Waals surface area contributed by atoms with E-state index in [1.165, 1.54) is 12.8 Å². The van der Waals surface area contributed by atoms with E-state index in [-0.39, 0.29) is 17.9 Å². The van der Waals surface area contributed by atoms with E-state index in [9.17, 15) is 9.59 Å². The minimum atomic E-state index is -0.160. The van der Waals surface area contributed by atoms with Crippen molar-refractivity contribution in [3.8, 4) is 0 Å². The molecule has 2 aliphatic rings. The molecule has 6 heteroatoms. The van der Waals surface area contributed by atoms with Crippen molar-refractivity contribution in [2.24, 2.45) is 5.92 Å². The second kappa shape index (κ2) is 8.82. The molecule has 4 rings (SSSR count). The van der Waals surface area contributed by atoms with E-state index in [1.54, 1.807) is 6.07 Å². The number of aromatic nitrogens is 1. The molecule has 1 fully saturated rings. The van der Waals surface area contributed by atoms with Gasteiger partial charge in [0, 0.05) is 13.1 Å². The normalized spacial score (nSPS) is 16.7. The number of nitrogens with zero attached hydrogens (tertiary/aromatic N) is 1. The third kappa shape index (κ3) is 4.53. The van der Waals surface area contributed by atoms with E-state index in [2.05, 4.69) is 17.6 Å². The molecule has 1 saturated carbocycles. The molecular weight excluding hydrogens is 366 g/mol. The molecule has 0 spiro atoms. The van der Waals surface area contributed by atoms with Crippen LogP contribution >= 0.6 is 0 Å². The van der Waals surface area contributed by atoms with E-state index in [0.29, 0.717) is 37.6 Å². The summed E-state index contributed by atoms with van der Waals surface area (Å²) >= 11 is 0. The number of carbonyl (C=O) groups excluding carboxylic acids is 2. The molecular formula is C23H29N3O3. The van der Waals surface area contributed by atoms with Crippen molar-refractivity contribution < 1.29 is 14.3 Å². The summed E-state index contributed by atoms with van der Waals surface area (Å²) in [5.74, 6) is 0.505. The van der Waals surface area contributed by atoms with Gasteiger partial charge in [-0.05, 0) is 30.4 Å². The predicted molar refractivity (Wildman–Crippen MR) is 111 cm³/mol. The fourth-order valence-corrected chi connectivity index (χ4v) is 3.94. The third-order valence-electron chi connectivity index (χ3n) is 5.83. The van der Waals surface area contributed by atoms with Gasteiger partial charge < -0.3 is 19.9 Å². The van der Waals surface area contributed by atoms with E-state index in [1.807, 2.05) is 34.9 Å². The highest BCUT2D eigenvalue weighted by Gasteiger charge is 2.27. The molecule has 1 atom stereocenters. The molecule has 0 unspecified atom stereocenters. The number of rotatable bonds is 8. The Morgan fingerprint density at radius 2 is 2.00 bits per heavy atom. The number of amides is 2. The molecule has 29 heavy (non-hydrogen) atoms. The van der Waals surface area contributed by atoms with E-state index in [4.69, 9.17) is 4.74 Å². The van der Waals surface area contributed by atoms with Crippen molar-refractivity contribution in [1.82, 2.24) is 15.2 Å². The van der Waals surface area contributed by atoms with E-state index in [0.717, 1.165) is 30.0 Å². The zero-order chi connectivity index (χ0) is 20.2. The Morgan fingerprint density at radius 1 is 1.21 bits per heavy atom. The topological polar surface area (TPSA) is 72.4 Å². The molecule has 2 amide bonds. The van der Waals surface area contributed by atoms with Crippen LogP contribution in [0.3, 0.4) is 0 Å². The summed E-state index contributed by atoms with van der Waals surface area (Å²) in [7, 11) is 0.